The van der Waals surface area contributed by atoms with Crippen LogP contribution in [0.4, 0.5) is 5.69 Å². The fraction of sp³-hybridized carbons (Fsp3) is 0.389. The van der Waals surface area contributed by atoms with Gasteiger partial charge in [0, 0.05) is 30.7 Å². The third-order valence-electron chi connectivity index (χ3n) is 3.70. The molecule has 0 atom stereocenters. The highest BCUT2D eigenvalue weighted by Gasteiger charge is 2.07. The standard InChI is InChI=1S/C18H24ClN5O2.HI/c1-12-13(2)26-17(23-12)11-22-18(20-3)21-10-4-5-16(25)24-15-8-6-14(19)7-9-15;/h6-9H,4-5,10-11H2,1-3H3,(H,24,25)(H2,20,21,22);1H. The second-order valence-corrected chi connectivity index (χ2v) is 6.20. The van der Waals surface area contributed by atoms with Gasteiger partial charge in [-0.25, -0.2) is 4.98 Å². The first-order valence-corrected chi connectivity index (χ1v) is 8.78. The molecule has 27 heavy (non-hydrogen) atoms. The molecular weight excluding hydrogens is 481 g/mol. The van der Waals surface area contributed by atoms with Crippen LogP contribution in [0.1, 0.15) is 30.2 Å². The van der Waals surface area contributed by atoms with Crippen molar-refractivity contribution >= 4 is 53.1 Å². The zero-order valence-corrected chi connectivity index (χ0v) is 18.7. The maximum atomic E-state index is 11.9. The summed E-state index contributed by atoms with van der Waals surface area (Å²) in [7, 11) is 1.69. The van der Waals surface area contributed by atoms with Crippen LogP contribution in [0.15, 0.2) is 33.7 Å². The van der Waals surface area contributed by atoms with E-state index >= 15 is 0 Å². The molecule has 1 aromatic carbocycles. The van der Waals surface area contributed by atoms with Crippen LogP contribution in [0.5, 0.6) is 0 Å². The first-order valence-electron chi connectivity index (χ1n) is 8.40. The molecule has 1 heterocycles. The van der Waals surface area contributed by atoms with E-state index in [9.17, 15) is 4.79 Å². The van der Waals surface area contributed by atoms with Crippen molar-refractivity contribution in [3.8, 4) is 0 Å². The van der Waals surface area contributed by atoms with E-state index in [1.54, 1.807) is 31.3 Å². The van der Waals surface area contributed by atoms with Gasteiger partial charge in [0.2, 0.25) is 11.8 Å². The highest BCUT2D eigenvalue weighted by atomic mass is 127. The number of amides is 1. The summed E-state index contributed by atoms with van der Waals surface area (Å²) in [6.07, 6.45) is 1.09. The van der Waals surface area contributed by atoms with E-state index in [0.29, 0.717) is 42.8 Å². The van der Waals surface area contributed by atoms with Crippen LogP contribution in [0, 0.1) is 13.8 Å². The summed E-state index contributed by atoms with van der Waals surface area (Å²) < 4.78 is 5.51. The SMILES string of the molecule is CN=C(NCCCC(=O)Nc1ccc(Cl)cc1)NCc1nc(C)c(C)o1.I. The topological polar surface area (TPSA) is 91.5 Å². The van der Waals surface area contributed by atoms with Gasteiger partial charge in [-0.1, -0.05) is 11.6 Å². The zero-order valence-electron chi connectivity index (χ0n) is 15.6. The predicted octanol–water partition coefficient (Wildman–Crippen LogP) is 3.65. The lowest BCUT2D eigenvalue weighted by molar-refractivity contribution is -0.116. The largest absolute Gasteiger partial charge is 0.444 e. The number of rotatable bonds is 7. The minimum Gasteiger partial charge on any atom is -0.444 e. The molecule has 0 fully saturated rings. The molecule has 7 nitrogen and oxygen atoms in total. The smallest absolute Gasteiger partial charge is 0.224 e. The molecule has 0 bridgehead atoms. The number of halogens is 2. The normalized spacial score (nSPS) is 10.9. The minimum atomic E-state index is -0.0391. The van der Waals surface area contributed by atoms with Crippen LogP contribution in [-0.2, 0) is 11.3 Å². The van der Waals surface area contributed by atoms with E-state index in [2.05, 4.69) is 25.9 Å². The van der Waals surface area contributed by atoms with E-state index in [1.807, 2.05) is 13.8 Å². The summed E-state index contributed by atoms with van der Waals surface area (Å²) in [5.74, 6) is 2.03. The first-order chi connectivity index (χ1) is 12.5. The average Bonchev–Trinajstić information content (AvgIpc) is 2.94. The lowest BCUT2D eigenvalue weighted by Gasteiger charge is -2.10. The number of aliphatic imine (C=N–C) groups is 1. The number of carbonyl (C=O) groups excluding carboxylic acids is 1. The van der Waals surface area contributed by atoms with Gasteiger partial charge in [0.05, 0.1) is 12.2 Å². The van der Waals surface area contributed by atoms with Gasteiger partial charge in [-0.3, -0.25) is 9.79 Å². The lowest BCUT2D eigenvalue weighted by atomic mass is 10.2. The van der Waals surface area contributed by atoms with Gasteiger partial charge < -0.3 is 20.4 Å². The number of hydrogen-bond acceptors (Lipinski definition) is 4. The van der Waals surface area contributed by atoms with Gasteiger partial charge in [0.25, 0.3) is 0 Å². The number of guanidine groups is 1. The lowest BCUT2D eigenvalue weighted by Crippen LogP contribution is -2.37. The highest BCUT2D eigenvalue weighted by Crippen LogP contribution is 2.13. The summed E-state index contributed by atoms with van der Waals surface area (Å²) in [5.41, 5.74) is 1.62. The van der Waals surface area contributed by atoms with Crippen LogP contribution >= 0.6 is 35.6 Å². The molecule has 0 aliphatic heterocycles. The number of anilines is 1. The summed E-state index contributed by atoms with van der Waals surface area (Å²) >= 11 is 5.82. The molecule has 148 valence electrons. The van der Waals surface area contributed by atoms with Crippen molar-refractivity contribution in [2.75, 3.05) is 18.9 Å². The van der Waals surface area contributed by atoms with Crippen molar-refractivity contribution in [2.45, 2.75) is 33.2 Å². The quantitative estimate of drug-likeness (QED) is 0.231. The van der Waals surface area contributed by atoms with Gasteiger partial charge >= 0.3 is 0 Å². The number of hydrogen-bond donors (Lipinski definition) is 3. The molecule has 9 heteroatoms. The van der Waals surface area contributed by atoms with Crippen LogP contribution in [0.2, 0.25) is 5.02 Å². The Morgan fingerprint density at radius 3 is 2.52 bits per heavy atom. The molecular formula is C18H25ClIN5O2. The average molecular weight is 506 g/mol. The second kappa shape index (κ2) is 11.8. The number of aromatic nitrogens is 1. The Balaban J connectivity index is 0.00000364. The molecule has 0 aliphatic carbocycles. The molecule has 0 unspecified atom stereocenters. The van der Waals surface area contributed by atoms with E-state index < -0.39 is 0 Å². The Kier molecular flexibility index (Phi) is 10.2. The Morgan fingerprint density at radius 1 is 1.22 bits per heavy atom. The van der Waals surface area contributed by atoms with Crippen molar-refractivity contribution < 1.29 is 9.21 Å². The predicted molar refractivity (Wildman–Crippen MR) is 119 cm³/mol. The van der Waals surface area contributed by atoms with Crippen molar-refractivity contribution in [3.05, 3.63) is 46.6 Å². The number of oxazole rings is 1. The number of aryl methyl sites for hydroxylation is 2. The summed E-state index contributed by atoms with van der Waals surface area (Å²) in [5, 5.41) is 9.76. The maximum Gasteiger partial charge on any atom is 0.224 e. The summed E-state index contributed by atoms with van der Waals surface area (Å²) in [4.78, 5) is 20.4. The van der Waals surface area contributed by atoms with E-state index in [1.165, 1.54) is 0 Å². The fourth-order valence-corrected chi connectivity index (χ4v) is 2.33. The summed E-state index contributed by atoms with van der Waals surface area (Å²) in [6.45, 7) is 4.86. The van der Waals surface area contributed by atoms with Crippen LogP contribution in [0.25, 0.3) is 0 Å². The number of nitrogens with one attached hydrogen (secondary N) is 3. The van der Waals surface area contributed by atoms with Gasteiger partial charge in [-0.05, 0) is 44.5 Å². The molecule has 1 amide bonds. The Bertz CT molecular complexity index is 742. The van der Waals surface area contributed by atoms with Crippen LogP contribution in [-0.4, -0.2) is 30.4 Å². The van der Waals surface area contributed by atoms with Crippen LogP contribution < -0.4 is 16.0 Å². The molecule has 0 saturated heterocycles. The van der Waals surface area contributed by atoms with Crippen LogP contribution in [0.3, 0.4) is 0 Å². The third kappa shape index (κ3) is 8.17. The molecule has 1 aromatic heterocycles. The monoisotopic (exact) mass is 505 g/mol. The van der Waals surface area contributed by atoms with Crippen molar-refractivity contribution in [2.24, 2.45) is 4.99 Å². The van der Waals surface area contributed by atoms with E-state index in [0.717, 1.165) is 17.1 Å². The Hall–Kier alpha value is -1.81. The molecule has 0 aliphatic rings. The van der Waals surface area contributed by atoms with Crippen molar-refractivity contribution in [1.29, 1.82) is 0 Å². The molecule has 3 N–H and O–H groups in total. The maximum absolute atomic E-state index is 11.9. The van der Waals surface area contributed by atoms with Crippen molar-refractivity contribution in [1.82, 2.24) is 15.6 Å². The number of carbonyl (C=O) groups is 1. The van der Waals surface area contributed by atoms with Gasteiger partial charge in [-0.2, -0.15) is 0 Å². The van der Waals surface area contributed by atoms with Gasteiger partial charge in [0.1, 0.15) is 5.76 Å². The van der Waals surface area contributed by atoms with E-state index in [-0.39, 0.29) is 29.9 Å². The highest BCUT2D eigenvalue weighted by molar-refractivity contribution is 14.0. The molecule has 0 spiro atoms. The first kappa shape index (κ1) is 23.2. The summed E-state index contributed by atoms with van der Waals surface area (Å²) in [6, 6.07) is 7.03. The molecule has 2 aromatic rings. The third-order valence-corrected chi connectivity index (χ3v) is 3.96. The fourth-order valence-electron chi connectivity index (χ4n) is 2.21. The van der Waals surface area contributed by atoms with Gasteiger partial charge in [0.15, 0.2) is 5.96 Å². The number of nitrogens with zero attached hydrogens (tertiary/aromatic N) is 2. The molecule has 2 rings (SSSR count). The minimum absolute atomic E-state index is 0. The van der Waals surface area contributed by atoms with E-state index in [4.69, 9.17) is 16.0 Å². The second-order valence-electron chi connectivity index (χ2n) is 5.76. The zero-order chi connectivity index (χ0) is 18.9. The van der Waals surface area contributed by atoms with Crippen molar-refractivity contribution in [3.63, 3.8) is 0 Å². The Morgan fingerprint density at radius 2 is 1.93 bits per heavy atom. The number of benzene rings is 1. The molecule has 0 saturated carbocycles. The molecule has 0 radical (unpaired) electrons. The Labute approximate surface area is 181 Å². The van der Waals surface area contributed by atoms with Gasteiger partial charge in [-0.15, -0.1) is 24.0 Å².